The van der Waals surface area contributed by atoms with Crippen LogP contribution in [0.2, 0.25) is 0 Å². The van der Waals surface area contributed by atoms with E-state index >= 15 is 0 Å². The number of rotatable bonds is 7. The standard InChI is InChI=1S/C13H18BrFN2O3/c1-19-11-7-9(6-10(14)12(11)20-2)8-17-13(18)16-5-3-4-15/h6-7H,3-5,8H2,1-2H3,(H2,16,17,18). The second-order valence-electron chi connectivity index (χ2n) is 3.97. The fourth-order valence-corrected chi connectivity index (χ4v) is 2.24. The van der Waals surface area contributed by atoms with Gasteiger partial charge < -0.3 is 20.1 Å². The van der Waals surface area contributed by atoms with Gasteiger partial charge in [0.15, 0.2) is 11.5 Å². The van der Waals surface area contributed by atoms with E-state index in [9.17, 15) is 9.18 Å². The predicted molar refractivity (Wildman–Crippen MR) is 78.1 cm³/mol. The minimum Gasteiger partial charge on any atom is -0.493 e. The molecule has 0 atom stereocenters. The summed E-state index contributed by atoms with van der Waals surface area (Å²) in [5.74, 6) is 1.18. The Labute approximate surface area is 126 Å². The van der Waals surface area contributed by atoms with Crippen molar-refractivity contribution in [2.45, 2.75) is 13.0 Å². The molecule has 0 fully saturated rings. The summed E-state index contributed by atoms with van der Waals surface area (Å²) in [5, 5.41) is 5.25. The first kappa shape index (κ1) is 16.6. The lowest BCUT2D eigenvalue weighted by molar-refractivity contribution is 0.240. The minimum atomic E-state index is -0.442. The Hall–Kier alpha value is -1.50. The van der Waals surface area contributed by atoms with Crippen LogP contribution in [0, 0.1) is 0 Å². The first-order chi connectivity index (χ1) is 9.62. The summed E-state index contributed by atoms with van der Waals surface area (Å²) in [6.45, 7) is 0.210. The number of urea groups is 1. The molecule has 2 amide bonds. The Morgan fingerprint density at radius 3 is 2.65 bits per heavy atom. The lowest BCUT2D eigenvalue weighted by Crippen LogP contribution is -2.35. The first-order valence-electron chi connectivity index (χ1n) is 6.10. The molecule has 0 heterocycles. The van der Waals surface area contributed by atoms with E-state index in [1.807, 2.05) is 6.07 Å². The number of alkyl halides is 1. The van der Waals surface area contributed by atoms with Gasteiger partial charge in [-0.1, -0.05) is 0 Å². The molecule has 7 heteroatoms. The highest BCUT2D eigenvalue weighted by Crippen LogP contribution is 2.36. The second-order valence-corrected chi connectivity index (χ2v) is 4.82. The maximum Gasteiger partial charge on any atom is 0.315 e. The Morgan fingerprint density at radius 2 is 2.05 bits per heavy atom. The van der Waals surface area contributed by atoms with Crippen molar-refractivity contribution in [1.29, 1.82) is 0 Å². The lowest BCUT2D eigenvalue weighted by atomic mass is 10.2. The first-order valence-corrected chi connectivity index (χ1v) is 6.89. The van der Waals surface area contributed by atoms with Crippen LogP contribution in [0.1, 0.15) is 12.0 Å². The largest absolute Gasteiger partial charge is 0.493 e. The molecule has 0 aliphatic carbocycles. The zero-order valence-corrected chi connectivity index (χ0v) is 13.0. The molecule has 0 aromatic heterocycles. The van der Waals surface area contributed by atoms with Crippen LogP contribution in [-0.4, -0.2) is 33.5 Å². The van der Waals surface area contributed by atoms with Crippen molar-refractivity contribution in [1.82, 2.24) is 10.6 Å². The predicted octanol–water partition coefficient (Wildman–Crippen LogP) is 2.63. The van der Waals surface area contributed by atoms with Crippen molar-refractivity contribution in [3.05, 3.63) is 22.2 Å². The van der Waals surface area contributed by atoms with Gasteiger partial charge in [0.05, 0.1) is 25.4 Å². The van der Waals surface area contributed by atoms with Crippen LogP contribution in [-0.2, 0) is 6.54 Å². The summed E-state index contributed by atoms with van der Waals surface area (Å²) in [6, 6.07) is 3.29. The monoisotopic (exact) mass is 348 g/mol. The quantitative estimate of drug-likeness (QED) is 0.744. The van der Waals surface area contributed by atoms with Crippen LogP contribution in [0.25, 0.3) is 0 Å². The van der Waals surface area contributed by atoms with Gasteiger partial charge in [-0.3, -0.25) is 4.39 Å². The summed E-state index contributed by atoms with van der Waals surface area (Å²) in [5.41, 5.74) is 0.857. The maximum atomic E-state index is 11.9. The molecule has 0 saturated carbocycles. The van der Waals surface area contributed by atoms with E-state index < -0.39 is 6.67 Å². The third-order valence-electron chi connectivity index (χ3n) is 2.54. The van der Waals surface area contributed by atoms with Crippen molar-refractivity contribution in [3.63, 3.8) is 0 Å². The maximum absolute atomic E-state index is 11.9. The van der Waals surface area contributed by atoms with E-state index in [2.05, 4.69) is 26.6 Å². The molecular formula is C13H18BrFN2O3. The highest BCUT2D eigenvalue weighted by molar-refractivity contribution is 9.10. The lowest BCUT2D eigenvalue weighted by Gasteiger charge is -2.12. The van der Waals surface area contributed by atoms with Gasteiger partial charge in [0.25, 0.3) is 0 Å². The molecule has 2 N–H and O–H groups in total. The van der Waals surface area contributed by atoms with Crippen molar-refractivity contribution in [2.24, 2.45) is 0 Å². The van der Waals surface area contributed by atoms with Crippen molar-refractivity contribution >= 4 is 22.0 Å². The van der Waals surface area contributed by atoms with E-state index in [0.29, 0.717) is 31.0 Å². The molecule has 1 rings (SSSR count). The number of methoxy groups -OCH3 is 2. The summed E-state index contributed by atoms with van der Waals surface area (Å²) < 4.78 is 23.1. The highest BCUT2D eigenvalue weighted by atomic mass is 79.9. The van der Waals surface area contributed by atoms with E-state index in [1.165, 1.54) is 0 Å². The average molecular weight is 349 g/mol. The SMILES string of the molecule is COc1cc(CNC(=O)NCCCF)cc(Br)c1OC. The van der Waals surface area contributed by atoms with Crippen LogP contribution < -0.4 is 20.1 Å². The number of halogens is 2. The van der Waals surface area contributed by atoms with Crippen LogP contribution in [0.3, 0.4) is 0 Å². The molecule has 0 bridgehead atoms. The van der Waals surface area contributed by atoms with Crippen molar-refractivity contribution in [3.8, 4) is 11.5 Å². The van der Waals surface area contributed by atoms with E-state index in [1.54, 1.807) is 20.3 Å². The number of hydrogen-bond acceptors (Lipinski definition) is 3. The van der Waals surface area contributed by atoms with Gasteiger partial charge in [0.1, 0.15) is 0 Å². The van der Waals surface area contributed by atoms with Gasteiger partial charge in [-0.2, -0.15) is 0 Å². The molecule has 1 aromatic rings. The summed E-state index contributed by atoms with van der Waals surface area (Å²) in [4.78, 5) is 11.4. The van der Waals surface area contributed by atoms with Crippen LogP contribution in [0.4, 0.5) is 9.18 Å². The van der Waals surface area contributed by atoms with Crippen LogP contribution in [0.15, 0.2) is 16.6 Å². The van der Waals surface area contributed by atoms with Crippen LogP contribution >= 0.6 is 15.9 Å². The number of benzene rings is 1. The molecule has 0 radical (unpaired) electrons. The molecule has 0 saturated heterocycles. The topological polar surface area (TPSA) is 59.6 Å². The molecule has 0 aliphatic heterocycles. The number of carbonyl (C=O) groups excluding carboxylic acids is 1. The fourth-order valence-electron chi connectivity index (χ4n) is 1.59. The number of nitrogens with one attached hydrogen (secondary N) is 2. The molecule has 0 unspecified atom stereocenters. The Kier molecular flexibility index (Phi) is 7.14. The second kappa shape index (κ2) is 8.63. The normalized spacial score (nSPS) is 10.0. The third kappa shape index (κ3) is 4.88. The molecular weight excluding hydrogens is 331 g/mol. The molecule has 112 valence electrons. The minimum absolute atomic E-state index is 0.315. The van der Waals surface area contributed by atoms with Gasteiger partial charge in [-0.05, 0) is 40.0 Å². The zero-order chi connectivity index (χ0) is 15.0. The molecule has 0 spiro atoms. The molecule has 5 nitrogen and oxygen atoms in total. The number of ether oxygens (including phenoxy) is 2. The van der Waals surface area contributed by atoms with Gasteiger partial charge in [-0.25, -0.2) is 4.79 Å². The summed E-state index contributed by atoms with van der Waals surface area (Å²) in [7, 11) is 3.10. The Balaban J connectivity index is 2.60. The summed E-state index contributed by atoms with van der Waals surface area (Å²) >= 11 is 3.38. The van der Waals surface area contributed by atoms with Crippen molar-refractivity contribution < 1.29 is 18.7 Å². The molecule has 0 aliphatic rings. The Morgan fingerprint density at radius 1 is 1.30 bits per heavy atom. The van der Waals surface area contributed by atoms with Gasteiger partial charge in [-0.15, -0.1) is 0 Å². The van der Waals surface area contributed by atoms with Crippen LogP contribution in [0.5, 0.6) is 11.5 Å². The van der Waals surface area contributed by atoms with Gasteiger partial charge in [0.2, 0.25) is 0 Å². The van der Waals surface area contributed by atoms with E-state index in [0.717, 1.165) is 10.0 Å². The average Bonchev–Trinajstić information content (AvgIpc) is 2.44. The van der Waals surface area contributed by atoms with Crippen molar-refractivity contribution in [2.75, 3.05) is 27.4 Å². The smallest absolute Gasteiger partial charge is 0.315 e. The van der Waals surface area contributed by atoms with E-state index in [-0.39, 0.29) is 6.03 Å². The number of amides is 2. The molecule has 20 heavy (non-hydrogen) atoms. The third-order valence-corrected chi connectivity index (χ3v) is 3.13. The van der Waals surface area contributed by atoms with Gasteiger partial charge in [0, 0.05) is 13.1 Å². The molecule has 1 aromatic carbocycles. The zero-order valence-electron chi connectivity index (χ0n) is 11.5. The number of hydrogen-bond donors (Lipinski definition) is 2. The Bertz CT molecular complexity index is 457. The van der Waals surface area contributed by atoms with E-state index in [4.69, 9.17) is 9.47 Å². The fraction of sp³-hybridized carbons (Fsp3) is 0.462. The summed E-state index contributed by atoms with van der Waals surface area (Å²) in [6.07, 6.45) is 0.315. The highest BCUT2D eigenvalue weighted by Gasteiger charge is 2.11. The van der Waals surface area contributed by atoms with Gasteiger partial charge >= 0.3 is 6.03 Å². The number of carbonyl (C=O) groups is 1.